The van der Waals surface area contributed by atoms with Crippen molar-refractivity contribution in [2.24, 2.45) is 0 Å². The molecule has 1 aliphatic rings. The molecule has 2 rings (SSSR count). The molecule has 0 atom stereocenters. The van der Waals surface area contributed by atoms with E-state index < -0.39 is 15.8 Å². The van der Waals surface area contributed by atoms with E-state index >= 15 is 0 Å². The molecule has 4 nitrogen and oxygen atoms in total. The summed E-state index contributed by atoms with van der Waals surface area (Å²) in [6.07, 6.45) is 2.74. The molecule has 1 aliphatic carbocycles. The first kappa shape index (κ1) is 15.7. The molecular weight excluding hydrogens is 303 g/mol. The molecule has 112 valence electrons. The fraction of sp³-hybridized carbons (Fsp3) is 0.538. The highest BCUT2D eigenvalue weighted by molar-refractivity contribution is 7.89. The molecule has 0 amide bonds. The van der Waals surface area contributed by atoms with Crippen LogP contribution in [0.5, 0.6) is 0 Å². The molecule has 0 heterocycles. The van der Waals surface area contributed by atoms with E-state index in [1.165, 1.54) is 10.4 Å². The fourth-order valence-electron chi connectivity index (χ4n) is 2.20. The number of hydrogen-bond donors (Lipinski definition) is 1. The second kappa shape index (κ2) is 5.97. The zero-order chi connectivity index (χ0) is 14.9. The molecule has 0 aliphatic heterocycles. The zero-order valence-electron chi connectivity index (χ0n) is 11.5. The third-order valence-electron chi connectivity index (χ3n) is 3.71. The van der Waals surface area contributed by atoms with Crippen LogP contribution in [-0.4, -0.2) is 32.9 Å². The molecule has 1 fully saturated rings. The van der Waals surface area contributed by atoms with Gasteiger partial charge in [-0.2, -0.15) is 4.31 Å². The third-order valence-corrected chi connectivity index (χ3v) is 6.02. The summed E-state index contributed by atoms with van der Waals surface area (Å²) < 4.78 is 40.1. The molecule has 0 radical (unpaired) electrons. The van der Waals surface area contributed by atoms with E-state index in [0.717, 1.165) is 25.3 Å². The highest BCUT2D eigenvalue weighted by Crippen LogP contribution is 2.31. The van der Waals surface area contributed by atoms with Gasteiger partial charge in [-0.3, -0.25) is 0 Å². The molecule has 0 bridgehead atoms. The largest absolute Gasteiger partial charge is 0.316 e. The lowest BCUT2D eigenvalue weighted by Crippen LogP contribution is -2.41. The van der Waals surface area contributed by atoms with Crippen LogP contribution in [0, 0.1) is 5.82 Å². The van der Waals surface area contributed by atoms with Crippen LogP contribution in [-0.2, 0) is 16.6 Å². The van der Waals surface area contributed by atoms with E-state index in [9.17, 15) is 12.8 Å². The second-order valence-corrected chi connectivity index (χ2v) is 7.39. The number of halogens is 2. The van der Waals surface area contributed by atoms with Crippen LogP contribution in [0.3, 0.4) is 0 Å². The van der Waals surface area contributed by atoms with Gasteiger partial charge < -0.3 is 5.32 Å². The lowest BCUT2D eigenvalue weighted by Gasteiger charge is -2.33. The second-order valence-electron chi connectivity index (χ2n) is 5.01. The Morgan fingerprint density at radius 3 is 2.60 bits per heavy atom. The average Bonchev–Trinajstić information content (AvgIpc) is 2.32. The Morgan fingerprint density at radius 2 is 2.10 bits per heavy atom. The Hall–Kier alpha value is -0.690. The van der Waals surface area contributed by atoms with Crippen molar-refractivity contribution in [2.75, 3.05) is 14.1 Å². The van der Waals surface area contributed by atoms with Gasteiger partial charge in [-0.15, -0.1) is 0 Å². The van der Waals surface area contributed by atoms with E-state index in [4.69, 9.17) is 11.6 Å². The van der Waals surface area contributed by atoms with Gasteiger partial charge >= 0.3 is 0 Å². The number of nitrogens with one attached hydrogen (secondary N) is 1. The van der Waals surface area contributed by atoms with Crippen molar-refractivity contribution in [3.05, 3.63) is 28.5 Å². The van der Waals surface area contributed by atoms with E-state index in [0.29, 0.717) is 12.1 Å². The van der Waals surface area contributed by atoms with Gasteiger partial charge in [0, 0.05) is 19.6 Å². The monoisotopic (exact) mass is 320 g/mol. The SMILES string of the molecule is CNCc1cc(S(=O)(=O)N(C)C2CCC2)cc(F)c1Cl. The molecule has 20 heavy (non-hydrogen) atoms. The molecule has 1 saturated carbocycles. The summed E-state index contributed by atoms with van der Waals surface area (Å²) in [5, 5.41) is 2.81. The molecule has 0 spiro atoms. The number of sulfonamides is 1. The molecule has 0 unspecified atom stereocenters. The fourth-order valence-corrected chi connectivity index (χ4v) is 3.85. The summed E-state index contributed by atoms with van der Waals surface area (Å²) in [6.45, 7) is 0.312. The van der Waals surface area contributed by atoms with Gasteiger partial charge in [0.25, 0.3) is 0 Å². The molecule has 1 aromatic carbocycles. The van der Waals surface area contributed by atoms with Gasteiger partial charge in [-0.25, -0.2) is 12.8 Å². The Bertz CT molecular complexity index is 603. The summed E-state index contributed by atoms with van der Waals surface area (Å²) >= 11 is 5.85. The Kier molecular flexibility index (Phi) is 4.69. The zero-order valence-corrected chi connectivity index (χ0v) is 13.1. The van der Waals surface area contributed by atoms with Gasteiger partial charge in [0.15, 0.2) is 0 Å². The first-order valence-electron chi connectivity index (χ1n) is 6.48. The quantitative estimate of drug-likeness (QED) is 0.906. The Morgan fingerprint density at radius 1 is 1.45 bits per heavy atom. The smallest absolute Gasteiger partial charge is 0.243 e. The maximum atomic E-state index is 13.8. The summed E-state index contributed by atoms with van der Waals surface area (Å²) in [5.41, 5.74) is 0.440. The van der Waals surface area contributed by atoms with Crippen molar-refractivity contribution < 1.29 is 12.8 Å². The van der Waals surface area contributed by atoms with Gasteiger partial charge in [0.2, 0.25) is 10.0 Å². The highest BCUT2D eigenvalue weighted by atomic mass is 35.5. The molecular formula is C13H18ClFN2O2S. The van der Waals surface area contributed by atoms with Crippen LogP contribution in [0.4, 0.5) is 4.39 Å². The van der Waals surface area contributed by atoms with Crippen LogP contribution >= 0.6 is 11.6 Å². The van der Waals surface area contributed by atoms with Gasteiger partial charge in [-0.1, -0.05) is 18.0 Å². The van der Waals surface area contributed by atoms with Crippen molar-refractivity contribution in [1.82, 2.24) is 9.62 Å². The van der Waals surface area contributed by atoms with Crippen molar-refractivity contribution in [3.8, 4) is 0 Å². The topological polar surface area (TPSA) is 49.4 Å². The van der Waals surface area contributed by atoms with Crippen LogP contribution in [0.15, 0.2) is 17.0 Å². The Labute approximate surface area is 124 Å². The molecule has 7 heteroatoms. The van der Waals surface area contributed by atoms with Gasteiger partial charge in [0.05, 0.1) is 9.92 Å². The summed E-state index contributed by atoms with van der Waals surface area (Å²) in [6, 6.07) is 2.45. The van der Waals surface area contributed by atoms with Crippen LogP contribution in [0.2, 0.25) is 5.02 Å². The van der Waals surface area contributed by atoms with Crippen molar-refractivity contribution >= 4 is 21.6 Å². The molecule has 1 aromatic rings. The maximum absolute atomic E-state index is 13.8. The predicted octanol–water partition coefficient (Wildman–Crippen LogP) is 2.37. The molecule has 0 saturated heterocycles. The van der Waals surface area contributed by atoms with Crippen molar-refractivity contribution in [2.45, 2.75) is 36.7 Å². The third kappa shape index (κ3) is 2.83. The number of nitrogens with zero attached hydrogens (tertiary/aromatic N) is 1. The number of benzene rings is 1. The van der Waals surface area contributed by atoms with Crippen LogP contribution < -0.4 is 5.32 Å². The average molecular weight is 321 g/mol. The van der Waals surface area contributed by atoms with Crippen LogP contribution in [0.1, 0.15) is 24.8 Å². The molecule has 0 aromatic heterocycles. The van der Waals surface area contributed by atoms with Crippen LogP contribution in [0.25, 0.3) is 0 Å². The minimum atomic E-state index is -3.67. The molecule has 1 N–H and O–H groups in total. The maximum Gasteiger partial charge on any atom is 0.243 e. The first-order valence-corrected chi connectivity index (χ1v) is 8.30. The number of rotatable bonds is 5. The lowest BCUT2D eigenvalue weighted by atomic mass is 9.94. The summed E-state index contributed by atoms with van der Waals surface area (Å²) in [7, 11) is -0.437. The summed E-state index contributed by atoms with van der Waals surface area (Å²) in [4.78, 5) is -0.0425. The normalized spacial score (nSPS) is 16.4. The van der Waals surface area contributed by atoms with E-state index in [1.807, 2.05) is 0 Å². The minimum absolute atomic E-state index is 0.0199. The standard InChI is InChI=1S/C13H18ClFN2O2S/c1-16-8-9-6-11(7-12(15)13(9)14)20(18,19)17(2)10-4-3-5-10/h6-7,10,16H,3-5,8H2,1-2H3. The number of hydrogen-bond acceptors (Lipinski definition) is 3. The van der Waals surface area contributed by atoms with E-state index in [-0.39, 0.29) is 16.0 Å². The lowest BCUT2D eigenvalue weighted by molar-refractivity contribution is 0.249. The van der Waals surface area contributed by atoms with Gasteiger partial charge in [-0.05, 0) is 37.6 Å². The summed E-state index contributed by atoms with van der Waals surface area (Å²) in [5.74, 6) is -0.708. The predicted molar refractivity (Wildman–Crippen MR) is 76.8 cm³/mol. The minimum Gasteiger partial charge on any atom is -0.316 e. The van der Waals surface area contributed by atoms with Crippen molar-refractivity contribution in [1.29, 1.82) is 0 Å². The first-order chi connectivity index (χ1) is 9.37. The van der Waals surface area contributed by atoms with E-state index in [2.05, 4.69) is 5.32 Å². The highest BCUT2D eigenvalue weighted by Gasteiger charge is 2.32. The van der Waals surface area contributed by atoms with E-state index in [1.54, 1.807) is 14.1 Å². The Balaban J connectivity index is 2.40. The van der Waals surface area contributed by atoms with Crippen molar-refractivity contribution in [3.63, 3.8) is 0 Å². The van der Waals surface area contributed by atoms with Gasteiger partial charge in [0.1, 0.15) is 5.82 Å².